The molecule has 0 N–H and O–H groups in total. The van der Waals surface area contributed by atoms with Crippen LogP contribution in [0.15, 0.2) is 22.9 Å². The summed E-state index contributed by atoms with van der Waals surface area (Å²) in [6, 6.07) is 8.62. The van der Waals surface area contributed by atoms with Gasteiger partial charge in [-0.1, -0.05) is 0 Å². The standard InChI is InChI=1S/C16H10N2S2/c1-9(7-17)13-11-3-5-20-16(11)14(10(2)8-18)12-4-6-19-15(12)13/h3-6H,1-2H3. The van der Waals surface area contributed by atoms with Crippen LogP contribution in [0.25, 0.3) is 31.3 Å². The van der Waals surface area contributed by atoms with E-state index in [1.165, 1.54) is 0 Å². The van der Waals surface area contributed by atoms with E-state index in [-0.39, 0.29) is 0 Å². The Morgan fingerprint density at radius 2 is 1.25 bits per heavy atom. The van der Waals surface area contributed by atoms with Gasteiger partial charge in [-0.05, 0) is 36.7 Å². The number of thiophene rings is 2. The fourth-order valence-corrected chi connectivity index (χ4v) is 4.54. The average Bonchev–Trinajstić information content (AvgIpc) is 3.11. The lowest BCUT2D eigenvalue weighted by Gasteiger charge is -2.01. The summed E-state index contributed by atoms with van der Waals surface area (Å²) in [5.41, 5.74) is 1.45. The van der Waals surface area contributed by atoms with Gasteiger partial charge in [-0.15, -0.1) is 22.7 Å². The minimum Gasteiger partial charge on any atom is -0.193 e. The van der Waals surface area contributed by atoms with E-state index in [1.807, 2.05) is 36.7 Å². The topological polar surface area (TPSA) is 47.6 Å². The Hall–Kier alpha value is -2.14. The van der Waals surface area contributed by atoms with Gasteiger partial charge in [0, 0.05) is 41.8 Å². The molecule has 96 valence electrons. The van der Waals surface area contributed by atoms with E-state index in [0.717, 1.165) is 41.8 Å². The molecule has 0 atom stereocenters. The number of nitrogens with zero attached hydrogens (tertiary/aromatic N) is 2. The zero-order valence-corrected chi connectivity index (χ0v) is 12.7. The Bertz CT molecular complexity index is 898. The number of rotatable bonds is 0. The van der Waals surface area contributed by atoms with Crippen LogP contribution in [-0.4, -0.2) is 0 Å². The molecule has 0 saturated heterocycles. The van der Waals surface area contributed by atoms with Crippen LogP contribution >= 0.6 is 22.7 Å². The predicted octanol–water partition coefficient (Wildman–Crippen LogP) is 3.50. The maximum absolute atomic E-state index is 9.27. The van der Waals surface area contributed by atoms with Crippen molar-refractivity contribution in [3.8, 4) is 12.1 Å². The number of nitriles is 2. The highest BCUT2D eigenvalue weighted by atomic mass is 32.1. The van der Waals surface area contributed by atoms with Gasteiger partial charge in [0.05, 0.1) is 12.1 Å². The normalized spacial score (nSPS) is 14.0. The molecular weight excluding hydrogens is 284 g/mol. The summed E-state index contributed by atoms with van der Waals surface area (Å²) in [7, 11) is 0. The molecule has 1 aromatic carbocycles. The lowest BCUT2D eigenvalue weighted by molar-refractivity contribution is 1.51. The second-order valence-corrected chi connectivity index (χ2v) is 6.38. The van der Waals surface area contributed by atoms with Crippen LogP contribution in [0.2, 0.25) is 0 Å². The van der Waals surface area contributed by atoms with Crippen LogP contribution in [-0.2, 0) is 0 Å². The first-order valence-corrected chi connectivity index (χ1v) is 7.83. The third-order valence-electron chi connectivity index (χ3n) is 3.41. The molecule has 2 heterocycles. The highest BCUT2D eigenvalue weighted by molar-refractivity contribution is 7.18. The molecule has 0 spiro atoms. The highest BCUT2D eigenvalue weighted by Gasteiger charge is 2.11. The fraction of sp³-hybridized carbons (Fsp3) is 0.125. The van der Waals surface area contributed by atoms with Crippen molar-refractivity contribution in [3.63, 3.8) is 0 Å². The number of hydrogen-bond donors (Lipinski definition) is 0. The molecule has 0 amide bonds. The van der Waals surface area contributed by atoms with Gasteiger partial charge in [0.1, 0.15) is 0 Å². The molecule has 0 aliphatic heterocycles. The molecule has 20 heavy (non-hydrogen) atoms. The smallest absolute Gasteiger partial charge is 0.0951 e. The molecule has 0 unspecified atom stereocenters. The van der Waals surface area contributed by atoms with Crippen LogP contribution in [0, 0.1) is 22.7 Å². The van der Waals surface area contributed by atoms with E-state index in [0.29, 0.717) is 0 Å². The van der Waals surface area contributed by atoms with Crippen LogP contribution < -0.4 is 10.4 Å². The van der Waals surface area contributed by atoms with Gasteiger partial charge in [-0.3, -0.25) is 0 Å². The first-order valence-electron chi connectivity index (χ1n) is 6.07. The first kappa shape index (κ1) is 12.9. The molecule has 2 aromatic heterocycles. The second-order valence-electron chi connectivity index (χ2n) is 4.55. The Morgan fingerprint density at radius 3 is 1.60 bits per heavy atom. The van der Waals surface area contributed by atoms with Gasteiger partial charge < -0.3 is 0 Å². The Kier molecular flexibility index (Phi) is 3.06. The van der Waals surface area contributed by atoms with E-state index >= 15 is 0 Å². The van der Waals surface area contributed by atoms with Crippen LogP contribution in [0.3, 0.4) is 0 Å². The van der Waals surface area contributed by atoms with Crippen molar-refractivity contribution in [2.75, 3.05) is 0 Å². The summed E-state index contributed by atoms with van der Waals surface area (Å²) in [4.78, 5) is 0. The third-order valence-corrected chi connectivity index (χ3v) is 5.27. The molecule has 2 nitrogen and oxygen atoms in total. The molecule has 0 saturated carbocycles. The summed E-state index contributed by atoms with van der Waals surface area (Å²) in [5, 5.41) is 26.8. The molecule has 4 heteroatoms. The molecule has 0 aliphatic rings. The molecule has 0 radical (unpaired) electrons. The molecule has 0 fully saturated rings. The molecule has 3 aromatic rings. The molecule has 0 aliphatic carbocycles. The minimum absolute atomic E-state index is 0.724. The second kappa shape index (κ2) is 4.76. The van der Waals surface area contributed by atoms with E-state index in [2.05, 4.69) is 12.1 Å². The number of hydrogen-bond acceptors (Lipinski definition) is 4. The van der Waals surface area contributed by atoms with Gasteiger partial charge in [0.2, 0.25) is 0 Å². The summed E-state index contributed by atoms with van der Waals surface area (Å²) in [6.45, 7) is 3.71. The van der Waals surface area contributed by atoms with Crippen molar-refractivity contribution >= 4 is 54.0 Å². The summed E-state index contributed by atoms with van der Waals surface area (Å²) in [5.74, 6) is 0. The summed E-state index contributed by atoms with van der Waals surface area (Å²) in [6.07, 6.45) is 0. The third kappa shape index (κ3) is 1.67. The van der Waals surface area contributed by atoms with Gasteiger partial charge in [-0.25, -0.2) is 0 Å². The molecular formula is C16H10N2S2. The van der Waals surface area contributed by atoms with Gasteiger partial charge in [0.15, 0.2) is 0 Å². The van der Waals surface area contributed by atoms with Crippen LogP contribution in [0.4, 0.5) is 0 Å². The maximum atomic E-state index is 9.27. The average molecular weight is 294 g/mol. The lowest BCUT2D eigenvalue weighted by Crippen LogP contribution is -2.14. The number of benzene rings is 1. The summed E-state index contributed by atoms with van der Waals surface area (Å²) >= 11 is 3.26. The van der Waals surface area contributed by atoms with E-state index in [1.54, 1.807) is 22.7 Å². The maximum Gasteiger partial charge on any atom is 0.0951 e. The summed E-state index contributed by atoms with van der Waals surface area (Å²) < 4.78 is 2.19. The monoisotopic (exact) mass is 294 g/mol. The zero-order chi connectivity index (χ0) is 14.3. The number of fused-ring (bicyclic) bond motifs is 2. The van der Waals surface area contributed by atoms with Crippen LogP contribution in [0.1, 0.15) is 13.8 Å². The Morgan fingerprint density at radius 1 is 0.850 bits per heavy atom. The Labute approximate surface area is 124 Å². The van der Waals surface area contributed by atoms with E-state index in [9.17, 15) is 10.5 Å². The van der Waals surface area contributed by atoms with Gasteiger partial charge in [0.25, 0.3) is 0 Å². The van der Waals surface area contributed by atoms with Crippen molar-refractivity contribution in [3.05, 3.63) is 33.3 Å². The van der Waals surface area contributed by atoms with Crippen molar-refractivity contribution in [2.45, 2.75) is 13.8 Å². The van der Waals surface area contributed by atoms with Crippen molar-refractivity contribution in [1.29, 1.82) is 10.5 Å². The van der Waals surface area contributed by atoms with Gasteiger partial charge >= 0.3 is 0 Å². The van der Waals surface area contributed by atoms with E-state index < -0.39 is 0 Å². The van der Waals surface area contributed by atoms with E-state index in [4.69, 9.17) is 0 Å². The fourth-order valence-electron chi connectivity index (χ4n) is 2.50. The minimum atomic E-state index is 0.724. The Balaban J connectivity index is 2.86. The van der Waals surface area contributed by atoms with Crippen molar-refractivity contribution < 1.29 is 0 Å². The molecule has 3 rings (SSSR count). The predicted molar refractivity (Wildman–Crippen MR) is 85.8 cm³/mol. The first-order chi connectivity index (χ1) is 9.69. The molecule has 0 bridgehead atoms. The van der Waals surface area contributed by atoms with Crippen molar-refractivity contribution in [2.24, 2.45) is 0 Å². The van der Waals surface area contributed by atoms with Crippen LogP contribution in [0.5, 0.6) is 0 Å². The zero-order valence-electron chi connectivity index (χ0n) is 11.0. The quantitative estimate of drug-likeness (QED) is 0.637. The highest BCUT2D eigenvalue weighted by Crippen LogP contribution is 2.23. The van der Waals surface area contributed by atoms with Gasteiger partial charge in [-0.2, -0.15) is 10.5 Å². The van der Waals surface area contributed by atoms with Crippen molar-refractivity contribution in [1.82, 2.24) is 0 Å². The largest absolute Gasteiger partial charge is 0.193 e. The SMILES string of the molecule is CC(C#N)=c1c2ccsc2c(=C(C)C#N)c2ccsc12. The lowest BCUT2D eigenvalue weighted by atomic mass is 10.0.